The summed E-state index contributed by atoms with van der Waals surface area (Å²) in [6.45, 7) is 3.01. The lowest BCUT2D eigenvalue weighted by atomic mass is 10.1. The number of nitrogens with zero attached hydrogens (tertiary/aromatic N) is 1. The molecular weight excluding hydrogens is 358 g/mol. The van der Waals surface area contributed by atoms with Gasteiger partial charge >= 0.3 is 6.03 Å². The highest BCUT2D eigenvalue weighted by Crippen LogP contribution is 2.34. The summed E-state index contributed by atoms with van der Waals surface area (Å²) in [7, 11) is 3.06. The molecule has 0 saturated carbocycles. The molecule has 148 valence electrons. The molecule has 2 aromatic carbocycles. The van der Waals surface area contributed by atoms with Gasteiger partial charge in [-0.25, -0.2) is 4.79 Å². The normalized spacial score (nSPS) is 16.0. The van der Waals surface area contributed by atoms with Crippen LogP contribution in [0.5, 0.6) is 11.5 Å². The number of para-hydroxylation sites is 1. The van der Waals surface area contributed by atoms with Crippen LogP contribution < -0.4 is 25.0 Å². The van der Waals surface area contributed by atoms with E-state index < -0.39 is 0 Å². The molecule has 0 bridgehead atoms. The Labute approximate surface area is 164 Å². The fourth-order valence-corrected chi connectivity index (χ4v) is 3.28. The summed E-state index contributed by atoms with van der Waals surface area (Å²) in [6.07, 6.45) is 0.413. The van der Waals surface area contributed by atoms with Crippen molar-refractivity contribution in [3.05, 3.63) is 48.0 Å². The molecule has 7 heteroatoms. The van der Waals surface area contributed by atoms with Crippen molar-refractivity contribution >= 4 is 23.3 Å². The molecule has 3 rings (SSSR count). The Morgan fingerprint density at radius 1 is 1.14 bits per heavy atom. The third kappa shape index (κ3) is 4.36. The molecule has 1 atom stereocenters. The van der Waals surface area contributed by atoms with Crippen LogP contribution in [0.2, 0.25) is 0 Å². The third-order valence-corrected chi connectivity index (χ3v) is 4.75. The third-order valence-electron chi connectivity index (χ3n) is 4.75. The number of nitrogens with one attached hydrogen (secondary N) is 2. The van der Waals surface area contributed by atoms with E-state index in [0.29, 0.717) is 36.7 Å². The fraction of sp³-hybridized carbons (Fsp3) is 0.333. The van der Waals surface area contributed by atoms with E-state index in [4.69, 9.17) is 9.47 Å². The van der Waals surface area contributed by atoms with Crippen molar-refractivity contribution in [3.8, 4) is 11.5 Å². The van der Waals surface area contributed by atoms with Crippen molar-refractivity contribution in [1.29, 1.82) is 0 Å². The molecule has 7 nitrogen and oxygen atoms in total. The van der Waals surface area contributed by atoms with Gasteiger partial charge < -0.3 is 25.0 Å². The second-order valence-corrected chi connectivity index (χ2v) is 6.79. The van der Waals surface area contributed by atoms with Crippen LogP contribution in [0.3, 0.4) is 0 Å². The Balaban J connectivity index is 1.56. The second kappa shape index (κ2) is 8.65. The van der Waals surface area contributed by atoms with Crippen molar-refractivity contribution in [3.63, 3.8) is 0 Å². The van der Waals surface area contributed by atoms with Gasteiger partial charge in [0.1, 0.15) is 0 Å². The zero-order chi connectivity index (χ0) is 20.1. The summed E-state index contributed by atoms with van der Waals surface area (Å²) in [5.41, 5.74) is 2.56. The molecule has 0 spiro atoms. The fourth-order valence-electron chi connectivity index (χ4n) is 3.28. The second-order valence-electron chi connectivity index (χ2n) is 6.79. The summed E-state index contributed by atoms with van der Waals surface area (Å²) < 4.78 is 10.5. The number of benzene rings is 2. The van der Waals surface area contributed by atoms with Crippen LogP contribution >= 0.6 is 0 Å². The van der Waals surface area contributed by atoms with Gasteiger partial charge in [0.05, 0.1) is 19.9 Å². The van der Waals surface area contributed by atoms with Crippen molar-refractivity contribution < 1.29 is 19.1 Å². The molecule has 2 N–H and O–H groups in total. The summed E-state index contributed by atoms with van der Waals surface area (Å²) in [5.74, 6) is 1.13. The molecule has 1 heterocycles. The first-order chi connectivity index (χ1) is 13.5. The monoisotopic (exact) mass is 383 g/mol. The summed E-state index contributed by atoms with van der Waals surface area (Å²) in [4.78, 5) is 26.4. The van der Waals surface area contributed by atoms with E-state index in [1.807, 2.05) is 31.2 Å². The van der Waals surface area contributed by atoms with Crippen LogP contribution in [0.25, 0.3) is 0 Å². The van der Waals surface area contributed by atoms with E-state index in [2.05, 4.69) is 10.6 Å². The first-order valence-electron chi connectivity index (χ1n) is 9.14. The maximum absolute atomic E-state index is 12.3. The molecule has 1 fully saturated rings. The van der Waals surface area contributed by atoms with Crippen LogP contribution in [-0.4, -0.2) is 39.2 Å². The minimum Gasteiger partial charge on any atom is -0.493 e. The summed E-state index contributed by atoms with van der Waals surface area (Å²) in [5, 5.41) is 5.61. The lowest BCUT2D eigenvalue weighted by Gasteiger charge is -2.17. The molecule has 28 heavy (non-hydrogen) atoms. The molecule has 1 saturated heterocycles. The first kappa shape index (κ1) is 19.5. The molecule has 0 aliphatic carbocycles. The highest BCUT2D eigenvalue weighted by Gasteiger charge is 2.30. The Morgan fingerprint density at radius 2 is 1.89 bits per heavy atom. The van der Waals surface area contributed by atoms with Gasteiger partial charge in [-0.15, -0.1) is 0 Å². The number of urea groups is 1. The van der Waals surface area contributed by atoms with Crippen molar-refractivity contribution in [2.75, 3.05) is 37.5 Å². The van der Waals surface area contributed by atoms with Crippen LogP contribution in [0, 0.1) is 12.8 Å². The molecule has 1 aliphatic heterocycles. The molecule has 1 aliphatic rings. The molecule has 2 aromatic rings. The van der Waals surface area contributed by atoms with E-state index in [1.54, 1.807) is 30.2 Å². The Hall–Kier alpha value is -3.22. The van der Waals surface area contributed by atoms with Crippen molar-refractivity contribution in [1.82, 2.24) is 5.32 Å². The van der Waals surface area contributed by atoms with Gasteiger partial charge in [-0.2, -0.15) is 0 Å². The van der Waals surface area contributed by atoms with Gasteiger partial charge in [0.25, 0.3) is 0 Å². The quantitative estimate of drug-likeness (QED) is 0.803. The topological polar surface area (TPSA) is 79.9 Å². The predicted molar refractivity (Wildman–Crippen MR) is 108 cm³/mol. The number of amides is 3. The van der Waals surface area contributed by atoms with Gasteiger partial charge in [-0.3, -0.25) is 4.79 Å². The predicted octanol–water partition coefficient (Wildman–Crippen LogP) is 3.19. The van der Waals surface area contributed by atoms with Gasteiger partial charge in [0, 0.05) is 31.1 Å². The highest BCUT2D eigenvalue weighted by molar-refractivity contribution is 5.96. The van der Waals surface area contributed by atoms with Crippen LogP contribution in [-0.2, 0) is 4.79 Å². The number of hydrogen-bond donors (Lipinski definition) is 2. The van der Waals surface area contributed by atoms with Gasteiger partial charge in [0.2, 0.25) is 5.91 Å². The SMILES string of the molecule is COc1cccc(NC(=O)NC[C@H]2CC(=O)N(c3ccc(C)cc3)C2)c1OC. The smallest absolute Gasteiger partial charge is 0.319 e. The van der Waals surface area contributed by atoms with Crippen LogP contribution in [0.1, 0.15) is 12.0 Å². The lowest BCUT2D eigenvalue weighted by Crippen LogP contribution is -2.34. The van der Waals surface area contributed by atoms with E-state index in [1.165, 1.54) is 7.11 Å². The number of rotatable bonds is 6. The number of carbonyl (C=O) groups is 2. The van der Waals surface area contributed by atoms with Crippen molar-refractivity contribution in [2.45, 2.75) is 13.3 Å². The molecule has 0 aromatic heterocycles. The summed E-state index contributed by atoms with van der Waals surface area (Å²) >= 11 is 0. The maximum Gasteiger partial charge on any atom is 0.319 e. The van der Waals surface area contributed by atoms with Gasteiger partial charge in [0.15, 0.2) is 11.5 Å². The zero-order valence-electron chi connectivity index (χ0n) is 16.3. The number of methoxy groups -OCH3 is 2. The average Bonchev–Trinajstić information content (AvgIpc) is 3.07. The van der Waals surface area contributed by atoms with E-state index in [0.717, 1.165) is 11.3 Å². The summed E-state index contributed by atoms with van der Waals surface area (Å²) in [6, 6.07) is 12.8. The molecular formula is C21H25N3O4. The lowest BCUT2D eigenvalue weighted by molar-refractivity contribution is -0.117. The van der Waals surface area contributed by atoms with E-state index in [-0.39, 0.29) is 17.9 Å². The highest BCUT2D eigenvalue weighted by atomic mass is 16.5. The number of aryl methyl sites for hydroxylation is 1. The van der Waals surface area contributed by atoms with Crippen molar-refractivity contribution in [2.24, 2.45) is 5.92 Å². The number of ether oxygens (including phenoxy) is 2. The maximum atomic E-state index is 12.3. The first-order valence-corrected chi connectivity index (χ1v) is 9.14. The minimum absolute atomic E-state index is 0.0618. The molecule has 0 unspecified atom stereocenters. The van der Waals surface area contributed by atoms with E-state index >= 15 is 0 Å². The molecule has 0 radical (unpaired) electrons. The van der Waals surface area contributed by atoms with Gasteiger partial charge in [-0.05, 0) is 31.2 Å². The van der Waals surface area contributed by atoms with Crippen LogP contribution in [0.15, 0.2) is 42.5 Å². The van der Waals surface area contributed by atoms with Gasteiger partial charge in [-0.1, -0.05) is 23.8 Å². The zero-order valence-corrected chi connectivity index (χ0v) is 16.3. The van der Waals surface area contributed by atoms with Crippen LogP contribution in [0.4, 0.5) is 16.2 Å². The Kier molecular flexibility index (Phi) is 6.03. The minimum atomic E-state index is -0.354. The number of carbonyl (C=O) groups excluding carboxylic acids is 2. The average molecular weight is 383 g/mol. The number of hydrogen-bond acceptors (Lipinski definition) is 4. The number of anilines is 2. The standard InChI is InChI=1S/C21H25N3O4/c1-14-7-9-16(10-8-14)24-13-15(11-19(24)25)12-22-21(26)23-17-5-4-6-18(27-2)20(17)28-3/h4-10,15H,11-13H2,1-3H3,(H2,22,23,26)/t15-/m1/s1. The Morgan fingerprint density at radius 3 is 2.57 bits per heavy atom. The van der Waals surface area contributed by atoms with E-state index in [9.17, 15) is 9.59 Å². The molecule has 3 amide bonds. The Bertz CT molecular complexity index is 851. The largest absolute Gasteiger partial charge is 0.493 e.